The number of hydrogen-bond acceptors (Lipinski definition) is 11. The van der Waals surface area contributed by atoms with Gasteiger partial charge in [-0.25, -0.2) is 19.1 Å². The van der Waals surface area contributed by atoms with Gasteiger partial charge in [0.25, 0.3) is 0 Å². The van der Waals surface area contributed by atoms with Crippen LogP contribution in [0.4, 0.5) is 10.2 Å². The van der Waals surface area contributed by atoms with Gasteiger partial charge in [-0.1, -0.05) is 6.07 Å². The third-order valence-electron chi connectivity index (χ3n) is 4.51. The number of aliphatic hydroxyl groups excluding tert-OH is 1. The number of aromatic nitrogens is 3. The smallest absolute Gasteiger partial charge is 0.351 e. The number of hydrogen-bond donors (Lipinski definition) is 4. The average Bonchev–Trinajstić information content (AvgIpc) is 2.83. The van der Waals surface area contributed by atoms with Crippen molar-refractivity contribution >= 4 is 52.4 Å². The van der Waals surface area contributed by atoms with Gasteiger partial charge in [0.1, 0.15) is 30.3 Å². The number of nitrogens with one attached hydrogen (secondary N) is 2. The number of aliphatic hydroxyl groups is 1. The molecule has 2 rings (SSSR count). The number of halogens is 3. The zero-order valence-electron chi connectivity index (χ0n) is 18.8. The van der Waals surface area contributed by atoms with E-state index in [1.165, 1.54) is 19.2 Å². The van der Waals surface area contributed by atoms with E-state index in [2.05, 4.69) is 56.2 Å². The molecule has 2 aromatic rings. The van der Waals surface area contributed by atoms with Gasteiger partial charge in [-0.3, -0.25) is 14.6 Å². The molecule has 0 fully saturated rings. The monoisotopic (exact) mass is 642 g/mol. The number of alkyl halides is 2. The predicted octanol–water partition coefficient (Wildman–Crippen LogP) is 2.04. The molecule has 35 heavy (non-hydrogen) atoms. The molecule has 6 atom stereocenters. The van der Waals surface area contributed by atoms with Gasteiger partial charge < -0.3 is 23.9 Å². The summed E-state index contributed by atoms with van der Waals surface area (Å²) in [5.41, 5.74) is 5.68. The summed E-state index contributed by atoms with van der Waals surface area (Å²) in [5.74, 6) is -0.555. The minimum Gasteiger partial charge on any atom is -0.386 e. The second-order valence-electron chi connectivity index (χ2n) is 7.17. The molecule has 12 nitrogen and oxygen atoms in total. The van der Waals surface area contributed by atoms with Gasteiger partial charge in [0.2, 0.25) is 0 Å². The average molecular weight is 644 g/mol. The van der Waals surface area contributed by atoms with Crippen LogP contribution >= 0.6 is 40.6 Å². The molecule has 0 aliphatic carbocycles. The number of carbonyl (C=O) groups is 1. The number of nitrogen functional groups attached to an aromatic ring is 1. The first-order valence-electron chi connectivity index (χ1n) is 10.2. The maximum absolute atomic E-state index is 13.9. The molecule has 5 N–H and O–H groups in total. The van der Waals surface area contributed by atoms with Crippen molar-refractivity contribution in [2.75, 3.05) is 12.3 Å². The fourth-order valence-electron chi connectivity index (χ4n) is 2.64. The quantitative estimate of drug-likeness (QED) is 0.176. The van der Waals surface area contributed by atoms with Crippen LogP contribution in [-0.2, 0) is 24.4 Å². The lowest BCUT2D eigenvalue weighted by Gasteiger charge is -2.29. The second kappa shape index (κ2) is 14.9. The summed E-state index contributed by atoms with van der Waals surface area (Å²) in [6.07, 6.45) is 0.873. The minimum absolute atomic E-state index is 0.0372. The molecule has 194 valence electrons. The van der Waals surface area contributed by atoms with E-state index in [4.69, 9.17) is 15.0 Å². The van der Waals surface area contributed by atoms with E-state index in [0.717, 1.165) is 10.1 Å². The number of rotatable bonds is 14. The number of nitrogens with two attached hydrogens (primary N) is 1. The van der Waals surface area contributed by atoms with Crippen molar-refractivity contribution in [3.63, 3.8) is 0 Å². The third-order valence-corrected chi connectivity index (χ3v) is 6.85. The maximum Gasteiger partial charge on any atom is 0.351 e. The highest BCUT2D eigenvalue weighted by atomic mass is 79.9. The van der Waals surface area contributed by atoms with E-state index < -0.39 is 49.7 Å². The highest BCUT2D eigenvalue weighted by Gasteiger charge is 2.31. The van der Waals surface area contributed by atoms with E-state index in [0.29, 0.717) is 6.54 Å². The van der Waals surface area contributed by atoms with Gasteiger partial charge in [0.05, 0.1) is 6.61 Å². The Balaban J connectivity index is 2.13. The molecule has 16 heteroatoms. The molecule has 2 aromatic heterocycles. The Bertz CT molecular complexity index is 994. The van der Waals surface area contributed by atoms with Crippen LogP contribution in [0.3, 0.4) is 0 Å². The standard InChI is InChI=1S/C19H26Br2FN6O6P/c1-11(18(30)34-21)27-35(25-9-13-4-3-6-24-8-13)32-10-14(16(29)17(20)22)33-12(2)28-7-5-15(23)26-19(28)31/h3-8,11-12,14,16-17,25,27,29H,9-10H2,1-2H3,(H2,23,26,31). The summed E-state index contributed by atoms with van der Waals surface area (Å²) in [5, 5.41) is 14.6. The van der Waals surface area contributed by atoms with Crippen molar-refractivity contribution in [2.24, 2.45) is 0 Å². The second-order valence-corrected chi connectivity index (χ2v) is 9.79. The van der Waals surface area contributed by atoms with Crippen LogP contribution in [0.5, 0.6) is 0 Å². The lowest BCUT2D eigenvalue weighted by molar-refractivity contribution is -0.133. The van der Waals surface area contributed by atoms with E-state index >= 15 is 0 Å². The molecule has 0 aliphatic heterocycles. The molecule has 0 spiro atoms. The highest BCUT2D eigenvalue weighted by Crippen LogP contribution is 2.31. The number of carbonyl (C=O) groups excluding carboxylic acids is 1. The Morgan fingerprint density at radius 1 is 1.40 bits per heavy atom. The van der Waals surface area contributed by atoms with Gasteiger partial charge in [-0.2, -0.15) is 4.98 Å². The predicted molar refractivity (Wildman–Crippen MR) is 134 cm³/mol. The minimum atomic E-state index is -1.84. The van der Waals surface area contributed by atoms with Crippen LogP contribution in [0.2, 0.25) is 0 Å². The first kappa shape index (κ1) is 29.6. The van der Waals surface area contributed by atoms with Crippen LogP contribution in [0, 0.1) is 0 Å². The molecule has 0 bridgehead atoms. The van der Waals surface area contributed by atoms with Crippen molar-refractivity contribution in [3.05, 3.63) is 52.8 Å². The molecule has 0 saturated carbocycles. The molecular weight excluding hydrogens is 618 g/mol. The molecule has 6 unspecified atom stereocenters. The summed E-state index contributed by atoms with van der Waals surface area (Å²) in [7, 11) is -1.70. The van der Waals surface area contributed by atoms with Crippen LogP contribution in [0.15, 0.2) is 41.6 Å². The number of pyridine rings is 1. The summed E-state index contributed by atoms with van der Waals surface area (Å²) in [6, 6.07) is 4.25. The molecule has 0 radical (unpaired) electrons. The highest BCUT2D eigenvalue weighted by molar-refractivity contribution is 9.09. The van der Waals surface area contributed by atoms with Gasteiger partial charge in [0.15, 0.2) is 29.8 Å². The van der Waals surface area contributed by atoms with Crippen molar-refractivity contribution in [1.29, 1.82) is 0 Å². The first-order valence-corrected chi connectivity index (χ1v) is 13.0. The zero-order chi connectivity index (χ0) is 26.0. The number of ether oxygens (including phenoxy) is 1. The van der Waals surface area contributed by atoms with E-state index in [9.17, 15) is 19.1 Å². The van der Waals surface area contributed by atoms with Gasteiger partial charge in [0, 0.05) is 25.1 Å². The van der Waals surface area contributed by atoms with Crippen LogP contribution in [0.1, 0.15) is 25.6 Å². The van der Waals surface area contributed by atoms with E-state index in [1.807, 2.05) is 6.07 Å². The normalized spacial score (nSPS) is 16.6. The van der Waals surface area contributed by atoms with Crippen LogP contribution in [0.25, 0.3) is 0 Å². The van der Waals surface area contributed by atoms with Crippen molar-refractivity contribution < 1.29 is 27.4 Å². The van der Waals surface area contributed by atoms with Crippen LogP contribution < -0.4 is 21.6 Å². The Hall–Kier alpha value is -1.58. The summed E-state index contributed by atoms with van der Waals surface area (Å²) < 4.78 is 31.2. The van der Waals surface area contributed by atoms with E-state index in [-0.39, 0.29) is 12.4 Å². The largest absolute Gasteiger partial charge is 0.386 e. The molecular formula is C19H26Br2FN6O6P. The maximum atomic E-state index is 13.9. The van der Waals surface area contributed by atoms with Gasteiger partial charge in [-0.15, -0.1) is 0 Å². The Morgan fingerprint density at radius 3 is 2.74 bits per heavy atom. The van der Waals surface area contributed by atoms with Crippen molar-refractivity contribution in [1.82, 2.24) is 24.7 Å². The SMILES string of the molecule is CC(NP(NCc1cccnc1)OCC(OC(C)n1ccc(N)nc1=O)C(O)C(F)Br)C(=O)OBr. The fourth-order valence-corrected chi connectivity index (χ4v) is 4.60. The Labute approximate surface area is 219 Å². The third kappa shape index (κ3) is 9.77. The Morgan fingerprint density at radius 2 is 2.14 bits per heavy atom. The fraction of sp³-hybridized carbons (Fsp3) is 0.474. The number of anilines is 1. The molecule has 2 heterocycles. The van der Waals surface area contributed by atoms with Gasteiger partial charge >= 0.3 is 11.7 Å². The molecule has 0 aliphatic rings. The summed E-state index contributed by atoms with van der Waals surface area (Å²) >= 11 is 5.34. The molecule has 0 saturated heterocycles. The summed E-state index contributed by atoms with van der Waals surface area (Å²) in [6.45, 7) is 3.12. The number of nitrogens with zero attached hydrogens (tertiary/aromatic N) is 3. The lowest BCUT2D eigenvalue weighted by atomic mass is 10.2. The first-order chi connectivity index (χ1) is 16.6. The summed E-state index contributed by atoms with van der Waals surface area (Å²) in [4.78, 5) is 31.6. The molecule has 0 aromatic carbocycles. The molecule has 0 amide bonds. The van der Waals surface area contributed by atoms with E-state index in [1.54, 1.807) is 25.4 Å². The van der Waals surface area contributed by atoms with Gasteiger partial charge in [-0.05, 0) is 47.5 Å². The van der Waals surface area contributed by atoms with Crippen molar-refractivity contribution in [2.45, 2.75) is 50.0 Å². The van der Waals surface area contributed by atoms with Crippen LogP contribution in [-0.4, -0.2) is 55.5 Å². The lowest BCUT2D eigenvalue weighted by Crippen LogP contribution is -2.41. The zero-order valence-corrected chi connectivity index (χ0v) is 22.8. The Kier molecular flexibility index (Phi) is 12.6. The topological polar surface area (TPSA) is 163 Å². The van der Waals surface area contributed by atoms with Crippen molar-refractivity contribution in [3.8, 4) is 0 Å².